The van der Waals surface area contributed by atoms with Crippen molar-refractivity contribution in [2.75, 3.05) is 19.8 Å². The highest BCUT2D eigenvalue weighted by Crippen LogP contribution is 2.37. The van der Waals surface area contributed by atoms with E-state index in [9.17, 15) is 4.79 Å². The molecule has 0 bridgehead atoms. The highest BCUT2D eigenvalue weighted by molar-refractivity contribution is 5.69. The van der Waals surface area contributed by atoms with E-state index in [-0.39, 0.29) is 18.1 Å². The Bertz CT molecular complexity index is 1040. The van der Waals surface area contributed by atoms with Gasteiger partial charge in [0.1, 0.15) is 12.4 Å². The van der Waals surface area contributed by atoms with E-state index in [1.165, 1.54) is 16.7 Å². The van der Waals surface area contributed by atoms with Crippen LogP contribution >= 0.6 is 0 Å². The highest BCUT2D eigenvalue weighted by Gasteiger charge is 2.37. The minimum absolute atomic E-state index is 0.00754. The van der Waals surface area contributed by atoms with Crippen molar-refractivity contribution in [2.45, 2.75) is 50.7 Å². The number of aliphatic carboxylic acids is 1. The average molecular weight is 447 g/mol. The fourth-order valence-electron chi connectivity index (χ4n) is 4.39. The zero-order valence-electron chi connectivity index (χ0n) is 19.0. The van der Waals surface area contributed by atoms with Crippen molar-refractivity contribution < 1.29 is 24.1 Å². The summed E-state index contributed by atoms with van der Waals surface area (Å²) in [6.07, 6.45) is 14.4. The summed E-state index contributed by atoms with van der Waals surface area (Å²) in [5.74, 6) is 5.00. The average Bonchev–Trinajstić information content (AvgIpc) is 3.13. The van der Waals surface area contributed by atoms with Crippen LogP contribution in [0.15, 0.2) is 71.4 Å². The Morgan fingerprint density at radius 2 is 2.00 bits per heavy atom. The minimum Gasteiger partial charge on any atom is -0.489 e. The second kappa shape index (κ2) is 10.7. The molecule has 1 aromatic rings. The molecule has 4 rings (SSSR count). The molecule has 0 saturated carbocycles. The van der Waals surface area contributed by atoms with Crippen LogP contribution in [-0.2, 0) is 14.3 Å². The third kappa shape index (κ3) is 6.04. The molecule has 1 aliphatic heterocycles. The van der Waals surface area contributed by atoms with Crippen molar-refractivity contribution in [2.24, 2.45) is 0 Å². The molecule has 172 valence electrons. The van der Waals surface area contributed by atoms with Gasteiger partial charge in [-0.05, 0) is 54.2 Å². The molecular formula is C28H30O5. The number of hydrogen-bond acceptors (Lipinski definition) is 4. The molecule has 5 nitrogen and oxygen atoms in total. The fraction of sp³-hybridized carbons (Fsp3) is 0.393. The van der Waals surface area contributed by atoms with Crippen LogP contribution in [0.25, 0.3) is 0 Å². The number of carbonyl (C=O) groups is 1. The summed E-state index contributed by atoms with van der Waals surface area (Å²) in [7, 11) is 0. The quantitative estimate of drug-likeness (QED) is 0.575. The van der Waals surface area contributed by atoms with Gasteiger partial charge in [-0.2, -0.15) is 0 Å². The molecule has 0 radical (unpaired) electrons. The van der Waals surface area contributed by atoms with Crippen LogP contribution < -0.4 is 4.74 Å². The minimum atomic E-state index is -0.854. The molecule has 5 heteroatoms. The van der Waals surface area contributed by atoms with E-state index in [4.69, 9.17) is 19.3 Å². The topological polar surface area (TPSA) is 65.0 Å². The second-order valence-corrected chi connectivity index (χ2v) is 8.50. The molecule has 1 N–H and O–H groups in total. The van der Waals surface area contributed by atoms with Crippen molar-refractivity contribution in [1.82, 2.24) is 0 Å². The molecular weight excluding hydrogens is 416 g/mol. The van der Waals surface area contributed by atoms with E-state index >= 15 is 0 Å². The number of benzene rings is 1. The van der Waals surface area contributed by atoms with Crippen LogP contribution in [0.5, 0.6) is 5.75 Å². The molecule has 1 unspecified atom stereocenters. The lowest BCUT2D eigenvalue weighted by atomic mass is 9.89. The monoisotopic (exact) mass is 446 g/mol. The zero-order valence-corrected chi connectivity index (χ0v) is 19.0. The summed E-state index contributed by atoms with van der Waals surface area (Å²) in [6, 6.07) is 7.55. The predicted octanol–water partition coefficient (Wildman–Crippen LogP) is 5.31. The number of carboxylic acids is 1. The van der Waals surface area contributed by atoms with Crippen LogP contribution in [0, 0.1) is 11.8 Å². The van der Waals surface area contributed by atoms with Crippen molar-refractivity contribution in [3.05, 3.63) is 76.9 Å². The smallest absolute Gasteiger partial charge is 0.304 e. The summed E-state index contributed by atoms with van der Waals surface area (Å²) < 4.78 is 17.6. The summed E-state index contributed by atoms with van der Waals surface area (Å²) in [6.45, 7) is 3.61. The predicted molar refractivity (Wildman–Crippen MR) is 127 cm³/mol. The van der Waals surface area contributed by atoms with Crippen molar-refractivity contribution >= 4 is 5.97 Å². The summed E-state index contributed by atoms with van der Waals surface area (Å²) in [4.78, 5) is 11.1. The van der Waals surface area contributed by atoms with Gasteiger partial charge in [-0.15, -0.1) is 5.92 Å². The van der Waals surface area contributed by atoms with E-state index in [0.717, 1.165) is 37.0 Å². The maximum atomic E-state index is 11.1. The van der Waals surface area contributed by atoms with Gasteiger partial charge in [0.2, 0.25) is 0 Å². The van der Waals surface area contributed by atoms with Gasteiger partial charge in [-0.3, -0.25) is 4.79 Å². The maximum absolute atomic E-state index is 11.1. The van der Waals surface area contributed by atoms with Gasteiger partial charge in [-0.25, -0.2) is 0 Å². The SMILES string of the molecule is CC#CC(CC(=O)O)c1ccc(OCC2=CC=C(C3=CCC4(CC3)OCCO4)C=CC2)cc1. The van der Waals surface area contributed by atoms with Gasteiger partial charge < -0.3 is 19.3 Å². The Hall–Kier alpha value is -3.07. The number of carboxylic acid groups (broad SMARTS) is 1. The molecule has 1 atom stereocenters. The molecule has 3 aliphatic rings. The Kier molecular flexibility index (Phi) is 7.49. The Morgan fingerprint density at radius 3 is 2.67 bits per heavy atom. The van der Waals surface area contributed by atoms with Crippen LogP contribution in [0.3, 0.4) is 0 Å². The third-order valence-electron chi connectivity index (χ3n) is 6.20. The molecule has 33 heavy (non-hydrogen) atoms. The van der Waals surface area contributed by atoms with Gasteiger partial charge in [0.15, 0.2) is 5.79 Å². The van der Waals surface area contributed by atoms with E-state index in [1.54, 1.807) is 6.92 Å². The molecule has 1 saturated heterocycles. The van der Waals surface area contributed by atoms with Gasteiger partial charge in [0.05, 0.1) is 25.6 Å². The van der Waals surface area contributed by atoms with Gasteiger partial charge in [-0.1, -0.05) is 48.4 Å². The number of ether oxygens (including phenoxy) is 3. The molecule has 0 amide bonds. The van der Waals surface area contributed by atoms with E-state index in [2.05, 4.69) is 42.2 Å². The lowest BCUT2D eigenvalue weighted by Crippen LogP contribution is -2.31. The standard InChI is InChI=1S/C28H30O5/c1-2-4-25(19-27(29)30)23-9-11-26(12-10-23)31-20-21-5-3-6-22(8-7-21)24-13-15-28(16-14-24)32-17-18-33-28/h3,6-13,25H,5,14-20H2,1H3,(H,29,30). The third-order valence-corrected chi connectivity index (χ3v) is 6.20. The summed E-state index contributed by atoms with van der Waals surface area (Å²) >= 11 is 0. The Labute approximate surface area is 195 Å². The largest absolute Gasteiger partial charge is 0.489 e. The number of hydrogen-bond donors (Lipinski definition) is 1. The summed E-state index contributed by atoms with van der Waals surface area (Å²) in [5.41, 5.74) is 4.67. The number of allylic oxidation sites excluding steroid dienone is 6. The Morgan fingerprint density at radius 1 is 1.21 bits per heavy atom. The maximum Gasteiger partial charge on any atom is 0.304 e. The van der Waals surface area contributed by atoms with Gasteiger partial charge in [0, 0.05) is 12.8 Å². The molecule has 0 aromatic heterocycles. The second-order valence-electron chi connectivity index (χ2n) is 8.50. The lowest BCUT2D eigenvalue weighted by Gasteiger charge is -2.30. The van der Waals surface area contributed by atoms with E-state index < -0.39 is 5.97 Å². The summed E-state index contributed by atoms with van der Waals surface area (Å²) in [5, 5.41) is 9.10. The first-order valence-electron chi connectivity index (χ1n) is 11.5. The van der Waals surface area contributed by atoms with Crippen molar-refractivity contribution in [1.29, 1.82) is 0 Å². The molecule has 1 heterocycles. The molecule has 1 fully saturated rings. The first-order chi connectivity index (χ1) is 16.1. The zero-order chi connectivity index (χ0) is 23.1. The first kappa shape index (κ1) is 23.1. The molecule has 1 aromatic carbocycles. The van der Waals surface area contributed by atoms with Crippen molar-refractivity contribution in [3.8, 4) is 17.6 Å². The fourth-order valence-corrected chi connectivity index (χ4v) is 4.39. The van der Waals surface area contributed by atoms with Crippen LogP contribution in [-0.4, -0.2) is 36.7 Å². The molecule has 2 aliphatic carbocycles. The van der Waals surface area contributed by atoms with E-state index in [1.807, 2.05) is 24.3 Å². The van der Waals surface area contributed by atoms with Gasteiger partial charge >= 0.3 is 5.97 Å². The van der Waals surface area contributed by atoms with Gasteiger partial charge in [0.25, 0.3) is 0 Å². The normalized spacial score (nSPS) is 20.1. The van der Waals surface area contributed by atoms with Crippen molar-refractivity contribution in [3.63, 3.8) is 0 Å². The van der Waals surface area contributed by atoms with E-state index in [0.29, 0.717) is 19.8 Å². The number of rotatable bonds is 7. The van der Waals surface area contributed by atoms with Crippen LogP contribution in [0.2, 0.25) is 0 Å². The van der Waals surface area contributed by atoms with Crippen LogP contribution in [0.1, 0.15) is 50.5 Å². The lowest BCUT2D eigenvalue weighted by molar-refractivity contribution is -0.161. The first-order valence-corrected chi connectivity index (χ1v) is 11.5. The Balaban J connectivity index is 1.35. The molecule has 1 spiro atoms. The van der Waals surface area contributed by atoms with Crippen LogP contribution in [0.4, 0.5) is 0 Å². The highest BCUT2D eigenvalue weighted by atomic mass is 16.7.